The Bertz CT molecular complexity index is 198. The van der Waals surface area contributed by atoms with Crippen LogP contribution < -0.4 is 5.46 Å². The molecule has 1 aromatic rings. The Balaban J connectivity index is 2.94. The maximum atomic E-state index is 12.4. The number of halogens is 1. The number of hydrogen-bond donors (Lipinski definition) is 0. The lowest BCUT2D eigenvalue weighted by atomic mass is 9.73. The van der Waals surface area contributed by atoms with Crippen molar-refractivity contribution in [3.63, 3.8) is 0 Å². The standard InChI is InChI=1S/C7H8BF/c1-8-6-3-2-4-7(9)5-6/h2-5,8H,1H3. The third kappa shape index (κ3) is 1.56. The lowest BCUT2D eigenvalue weighted by Gasteiger charge is -1.91. The third-order valence-corrected chi connectivity index (χ3v) is 1.30. The lowest BCUT2D eigenvalue weighted by molar-refractivity contribution is 0.629. The Morgan fingerprint density at radius 2 is 2.22 bits per heavy atom. The summed E-state index contributed by atoms with van der Waals surface area (Å²) in [5.74, 6) is -0.144. The first-order chi connectivity index (χ1) is 4.33. The zero-order chi connectivity index (χ0) is 6.69. The first-order valence-electron chi connectivity index (χ1n) is 3.07. The average Bonchev–Trinajstić information content (AvgIpc) is 1.88. The Labute approximate surface area is 54.9 Å². The molecule has 0 radical (unpaired) electrons. The molecule has 0 spiro atoms. The van der Waals surface area contributed by atoms with Crippen LogP contribution in [0.2, 0.25) is 6.82 Å². The molecule has 0 saturated carbocycles. The molecule has 0 aromatic heterocycles. The summed E-state index contributed by atoms with van der Waals surface area (Å²) < 4.78 is 12.4. The second-order valence-electron chi connectivity index (χ2n) is 1.98. The molecule has 0 saturated heterocycles. The topological polar surface area (TPSA) is 0 Å². The van der Waals surface area contributed by atoms with Crippen LogP contribution in [-0.4, -0.2) is 7.28 Å². The van der Waals surface area contributed by atoms with Crippen molar-refractivity contribution in [2.24, 2.45) is 0 Å². The molecular formula is C7H8BF. The van der Waals surface area contributed by atoms with Crippen molar-refractivity contribution < 1.29 is 4.39 Å². The first kappa shape index (κ1) is 6.34. The highest BCUT2D eigenvalue weighted by Crippen LogP contribution is 1.90. The van der Waals surface area contributed by atoms with Crippen molar-refractivity contribution >= 4 is 12.7 Å². The number of hydrogen-bond acceptors (Lipinski definition) is 0. The van der Waals surface area contributed by atoms with Gasteiger partial charge in [-0.05, 0) is 12.1 Å². The minimum absolute atomic E-state index is 0.144. The van der Waals surface area contributed by atoms with E-state index in [9.17, 15) is 4.39 Å². The van der Waals surface area contributed by atoms with Gasteiger partial charge in [-0.15, -0.1) is 0 Å². The van der Waals surface area contributed by atoms with E-state index in [1.165, 1.54) is 6.07 Å². The van der Waals surface area contributed by atoms with E-state index < -0.39 is 0 Å². The van der Waals surface area contributed by atoms with Crippen LogP contribution >= 0.6 is 0 Å². The largest absolute Gasteiger partial charge is 0.207 e. The van der Waals surface area contributed by atoms with Gasteiger partial charge in [0.25, 0.3) is 0 Å². The van der Waals surface area contributed by atoms with E-state index in [2.05, 4.69) is 0 Å². The van der Waals surface area contributed by atoms with Crippen molar-refractivity contribution in [2.45, 2.75) is 6.82 Å². The van der Waals surface area contributed by atoms with Crippen molar-refractivity contribution in [2.75, 3.05) is 0 Å². The summed E-state index contributed by atoms with van der Waals surface area (Å²) in [6, 6.07) is 6.66. The van der Waals surface area contributed by atoms with E-state index in [0.29, 0.717) is 0 Å². The smallest absolute Gasteiger partial charge is 0.154 e. The molecule has 1 aromatic carbocycles. The van der Waals surface area contributed by atoms with E-state index in [4.69, 9.17) is 0 Å². The van der Waals surface area contributed by atoms with Crippen LogP contribution in [0.3, 0.4) is 0 Å². The van der Waals surface area contributed by atoms with Gasteiger partial charge in [-0.3, -0.25) is 0 Å². The Hall–Kier alpha value is -0.785. The van der Waals surface area contributed by atoms with E-state index >= 15 is 0 Å². The second kappa shape index (κ2) is 2.67. The highest BCUT2D eigenvalue weighted by molar-refractivity contribution is 6.51. The first-order valence-corrected chi connectivity index (χ1v) is 3.07. The Morgan fingerprint density at radius 3 is 2.67 bits per heavy atom. The van der Waals surface area contributed by atoms with Gasteiger partial charge < -0.3 is 0 Å². The summed E-state index contributed by atoms with van der Waals surface area (Å²) in [7, 11) is 0.901. The molecule has 1 rings (SSSR count). The molecule has 0 nitrogen and oxygen atoms in total. The van der Waals surface area contributed by atoms with Gasteiger partial charge >= 0.3 is 0 Å². The quantitative estimate of drug-likeness (QED) is 0.486. The van der Waals surface area contributed by atoms with Crippen molar-refractivity contribution in [1.82, 2.24) is 0 Å². The zero-order valence-corrected chi connectivity index (χ0v) is 5.39. The molecule has 9 heavy (non-hydrogen) atoms. The van der Waals surface area contributed by atoms with Crippen LogP contribution in [0.4, 0.5) is 4.39 Å². The van der Waals surface area contributed by atoms with Gasteiger partial charge in [-0.25, -0.2) is 4.39 Å². The van der Waals surface area contributed by atoms with E-state index in [0.717, 1.165) is 12.7 Å². The maximum Gasteiger partial charge on any atom is 0.154 e. The van der Waals surface area contributed by atoms with Gasteiger partial charge in [-0.1, -0.05) is 24.4 Å². The van der Waals surface area contributed by atoms with Crippen molar-refractivity contribution in [3.05, 3.63) is 30.1 Å². The summed E-state index contributed by atoms with van der Waals surface area (Å²) in [5.41, 5.74) is 1.05. The summed E-state index contributed by atoms with van der Waals surface area (Å²) in [6.45, 7) is 2.01. The average molecular weight is 122 g/mol. The summed E-state index contributed by atoms with van der Waals surface area (Å²) in [6.07, 6.45) is 0. The van der Waals surface area contributed by atoms with Crippen molar-refractivity contribution in [1.29, 1.82) is 0 Å². The highest BCUT2D eigenvalue weighted by Gasteiger charge is 1.90. The molecule has 0 bridgehead atoms. The number of rotatable bonds is 1. The minimum Gasteiger partial charge on any atom is -0.207 e. The molecule has 0 N–H and O–H groups in total. The van der Waals surface area contributed by atoms with Crippen LogP contribution in [-0.2, 0) is 0 Å². The molecule has 0 aliphatic heterocycles. The van der Waals surface area contributed by atoms with Gasteiger partial charge in [0, 0.05) is 0 Å². The van der Waals surface area contributed by atoms with E-state index in [1.54, 1.807) is 12.1 Å². The molecular weight excluding hydrogens is 114 g/mol. The molecule has 2 heteroatoms. The highest BCUT2D eigenvalue weighted by atomic mass is 19.1. The van der Waals surface area contributed by atoms with Gasteiger partial charge in [0.05, 0.1) is 0 Å². The minimum atomic E-state index is -0.144. The summed E-state index contributed by atoms with van der Waals surface area (Å²) >= 11 is 0. The fourth-order valence-corrected chi connectivity index (χ4v) is 0.757. The van der Waals surface area contributed by atoms with Gasteiger partial charge in [-0.2, -0.15) is 0 Å². The fraction of sp³-hybridized carbons (Fsp3) is 0.143. The molecule has 0 unspecified atom stereocenters. The SMILES string of the molecule is CBc1cccc(F)c1. The van der Waals surface area contributed by atoms with Gasteiger partial charge in [0.2, 0.25) is 0 Å². The normalized spacial score (nSPS) is 9.11. The monoisotopic (exact) mass is 122 g/mol. The van der Waals surface area contributed by atoms with Crippen LogP contribution in [0.1, 0.15) is 0 Å². The number of benzene rings is 1. The fourth-order valence-electron chi connectivity index (χ4n) is 0.757. The molecule has 46 valence electrons. The predicted octanol–water partition coefficient (Wildman–Crippen LogP) is 0.936. The third-order valence-electron chi connectivity index (χ3n) is 1.30. The second-order valence-corrected chi connectivity index (χ2v) is 1.98. The predicted molar refractivity (Wildman–Crippen MR) is 39.0 cm³/mol. The summed E-state index contributed by atoms with van der Waals surface area (Å²) in [5, 5.41) is 0. The Morgan fingerprint density at radius 1 is 1.44 bits per heavy atom. The maximum absolute atomic E-state index is 12.4. The lowest BCUT2D eigenvalue weighted by Crippen LogP contribution is -2.09. The molecule has 0 aliphatic rings. The van der Waals surface area contributed by atoms with Crippen molar-refractivity contribution in [3.8, 4) is 0 Å². The van der Waals surface area contributed by atoms with Gasteiger partial charge in [0.15, 0.2) is 7.28 Å². The molecule has 0 aliphatic carbocycles. The van der Waals surface area contributed by atoms with Crippen LogP contribution in [0.25, 0.3) is 0 Å². The molecule has 0 atom stereocenters. The van der Waals surface area contributed by atoms with Crippen LogP contribution in [0, 0.1) is 5.82 Å². The van der Waals surface area contributed by atoms with E-state index in [1.807, 2.05) is 12.9 Å². The zero-order valence-electron chi connectivity index (χ0n) is 5.39. The van der Waals surface area contributed by atoms with Crippen LogP contribution in [0.5, 0.6) is 0 Å². The Kier molecular flexibility index (Phi) is 1.88. The molecule has 0 fully saturated rings. The van der Waals surface area contributed by atoms with Crippen LogP contribution in [0.15, 0.2) is 24.3 Å². The molecule has 0 heterocycles. The van der Waals surface area contributed by atoms with Gasteiger partial charge in [0.1, 0.15) is 5.82 Å². The molecule has 0 amide bonds. The summed E-state index contributed by atoms with van der Waals surface area (Å²) in [4.78, 5) is 0. The van der Waals surface area contributed by atoms with E-state index in [-0.39, 0.29) is 5.82 Å².